The van der Waals surface area contributed by atoms with Gasteiger partial charge in [-0.15, -0.1) is 0 Å². The van der Waals surface area contributed by atoms with Gasteiger partial charge in [0.1, 0.15) is 0 Å². The molecule has 1 fully saturated rings. The summed E-state index contributed by atoms with van der Waals surface area (Å²) in [5.74, 6) is 1.22. The first-order chi connectivity index (χ1) is 8.85. The van der Waals surface area contributed by atoms with Crippen molar-refractivity contribution in [2.75, 3.05) is 7.11 Å². The minimum absolute atomic E-state index is 0.205. The molecule has 1 aromatic heterocycles. The zero-order valence-electron chi connectivity index (χ0n) is 12.8. The van der Waals surface area contributed by atoms with Crippen molar-refractivity contribution in [3.05, 3.63) is 11.9 Å². The van der Waals surface area contributed by atoms with Crippen LogP contribution >= 0.6 is 0 Å². The maximum Gasteiger partial charge on any atom is 0.160 e. The van der Waals surface area contributed by atoms with Crippen LogP contribution in [-0.4, -0.2) is 22.9 Å². The van der Waals surface area contributed by atoms with Gasteiger partial charge >= 0.3 is 0 Å². The Morgan fingerprint density at radius 3 is 2.74 bits per heavy atom. The Balaban J connectivity index is 2.41. The van der Waals surface area contributed by atoms with Gasteiger partial charge in [0, 0.05) is 18.0 Å². The molecule has 2 rings (SSSR count). The van der Waals surface area contributed by atoms with E-state index >= 15 is 0 Å². The summed E-state index contributed by atoms with van der Waals surface area (Å²) < 4.78 is 7.58. The largest absolute Gasteiger partial charge is 0.493 e. The molecule has 0 aromatic carbocycles. The van der Waals surface area contributed by atoms with Gasteiger partial charge in [0.15, 0.2) is 5.75 Å². The molecule has 19 heavy (non-hydrogen) atoms. The second kappa shape index (κ2) is 5.16. The normalized spacial score (nSPS) is 26.7. The van der Waals surface area contributed by atoms with Crippen LogP contribution in [0.1, 0.15) is 64.6 Å². The van der Waals surface area contributed by atoms with Crippen LogP contribution in [-0.2, 0) is 0 Å². The van der Waals surface area contributed by atoms with E-state index in [1.54, 1.807) is 7.11 Å². The highest BCUT2D eigenvalue weighted by atomic mass is 16.5. The van der Waals surface area contributed by atoms with Gasteiger partial charge in [-0.3, -0.25) is 4.68 Å². The summed E-state index contributed by atoms with van der Waals surface area (Å²) in [6.07, 6.45) is 5.19. The molecule has 108 valence electrons. The van der Waals surface area contributed by atoms with Crippen molar-refractivity contribution in [2.24, 2.45) is 11.1 Å². The zero-order valence-corrected chi connectivity index (χ0v) is 12.8. The van der Waals surface area contributed by atoms with Gasteiger partial charge in [-0.05, 0) is 38.5 Å². The van der Waals surface area contributed by atoms with E-state index in [9.17, 15) is 0 Å². The summed E-state index contributed by atoms with van der Waals surface area (Å²) in [4.78, 5) is 0. The van der Waals surface area contributed by atoms with Crippen molar-refractivity contribution in [1.82, 2.24) is 9.78 Å². The monoisotopic (exact) mass is 265 g/mol. The molecule has 0 bridgehead atoms. The molecule has 4 heteroatoms. The molecule has 1 aromatic rings. The Morgan fingerprint density at radius 2 is 2.16 bits per heavy atom. The number of aromatic nitrogens is 2. The van der Waals surface area contributed by atoms with Crippen molar-refractivity contribution in [3.63, 3.8) is 0 Å². The molecule has 1 heterocycles. The van der Waals surface area contributed by atoms with Crippen LogP contribution < -0.4 is 10.5 Å². The Bertz CT molecular complexity index is 437. The zero-order chi connectivity index (χ0) is 14.2. The third kappa shape index (κ3) is 2.78. The standard InChI is InChI=1S/C15H27N3O/c1-10(2)18-14(13(19-5)9-17-18)11-8-15(3,4)7-6-12(11)16/h9-12H,6-8,16H2,1-5H3. The number of ether oxygens (including phenoxy) is 1. The Kier molecular flexibility index (Phi) is 3.90. The molecular weight excluding hydrogens is 238 g/mol. The smallest absolute Gasteiger partial charge is 0.160 e. The van der Waals surface area contributed by atoms with E-state index in [1.165, 1.54) is 12.1 Å². The van der Waals surface area contributed by atoms with Crippen LogP contribution in [0.5, 0.6) is 5.75 Å². The van der Waals surface area contributed by atoms with Gasteiger partial charge in [-0.1, -0.05) is 13.8 Å². The predicted molar refractivity (Wildman–Crippen MR) is 77.5 cm³/mol. The highest BCUT2D eigenvalue weighted by Gasteiger charge is 2.37. The first-order valence-electron chi connectivity index (χ1n) is 7.22. The van der Waals surface area contributed by atoms with Crippen molar-refractivity contribution in [3.8, 4) is 5.75 Å². The van der Waals surface area contributed by atoms with Gasteiger partial charge in [0.2, 0.25) is 0 Å². The molecule has 2 unspecified atom stereocenters. The molecule has 0 radical (unpaired) electrons. The number of methoxy groups -OCH3 is 1. The summed E-state index contributed by atoms with van der Waals surface area (Å²) in [6.45, 7) is 8.95. The summed E-state index contributed by atoms with van der Waals surface area (Å²) in [5.41, 5.74) is 7.91. The van der Waals surface area contributed by atoms with E-state index in [4.69, 9.17) is 10.5 Å². The molecule has 2 atom stereocenters. The Labute approximate surface area is 116 Å². The van der Waals surface area contributed by atoms with E-state index in [2.05, 4.69) is 37.5 Å². The van der Waals surface area contributed by atoms with Crippen LogP contribution in [0.4, 0.5) is 0 Å². The van der Waals surface area contributed by atoms with Gasteiger partial charge in [0.25, 0.3) is 0 Å². The molecule has 0 saturated heterocycles. The van der Waals surface area contributed by atoms with Gasteiger partial charge in [-0.2, -0.15) is 5.10 Å². The second-order valence-corrected chi connectivity index (χ2v) is 6.81. The van der Waals surface area contributed by atoms with Gasteiger partial charge in [-0.25, -0.2) is 0 Å². The number of nitrogens with two attached hydrogens (primary N) is 1. The Morgan fingerprint density at radius 1 is 1.47 bits per heavy atom. The molecule has 1 saturated carbocycles. The second-order valence-electron chi connectivity index (χ2n) is 6.81. The van der Waals surface area contributed by atoms with Crippen LogP contribution in [0, 0.1) is 5.41 Å². The number of hydrogen-bond donors (Lipinski definition) is 1. The lowest BCUT2D eigenvalue weighted by atomic mass is 9.69. The van der Waals surface area contributed by atoms with E-state index < -0.39 is 0 Å². The average Bonchev–Trinajstić information content (AvgIpc) is 2.76. The fourth-order valence-corrected chi connectivity index (χ4v) is 3.18. The molecule has 4 nitrogen and oxygen atoms in total. The van der Waals surface area contributed by atoms with Crippen LogP contribution in [0.2, 0.25) is 0 Å². The van der Waals surface area contributed by atoms with Crippen LogP contribution in [0.25, 0.3) is 0 Å². The molecule has 0 spiro atoms. The average molecular weight is 265 g/mol. The fraction of sp³-hybridized carbons (Fsp3) is 0.800. The lowest BCUT2D eigenvalue weighted by molar-refractivity contribution is 0.189. The third-order valence-corrected chi connectivity index (χ3v) is 4.30. The van der Waals surface area contributed by atoms with Crippen molar-refractivity contribution in [1.29, 1.82) is 0 Å². The summed E-state index contributed by atoms with van der Waals surface area (Å²) in [7, 11) is 1.71. The molecular formula is C15H27N3O. The number of nitrogens with zero attached hydrogens (tertiary/aromatic N) is 2. The van der Waals surface area contributed by atoms with Crippen molar-refractivity contribution < 1.29 is 4.74 Å². The highest BCUT2D eigenvalue weighted by Crippen LogP contribution is 2.45. The van der Waals surface area contributed by atoms with E-state index in [0.29, 0.717) is 17.4 Å². The molecule has 1 aliphatic rings. The van der Waals surface area contributed by atoms with Crippen molar-refractivity contribution >= 4 is 0 Å². The lowest BCUT2D eigenvalue weighted by Gasteiger charge is -2.39. The minimum Gasteiger partial charge on any atom is -0.493 e. The first kappa shape index (κ1) is 14.4. The maximum atomic E-state index is 6.39. The van der Waals surface area contributed by atoms with Gasteiger partial charge < -0.3 is 10.5 Å². The van der Waals surface area contributed by atoms with Crippen LogP contribution in [0.3, 0.4) is 0 Å². The molecule has 1 aliphatic carbocycles. The minimum atomic E-state index is 0.205. The van der Waals surface area contributed by atoms with Crippen LogP contribution in [0.15, 0.2) is 6.20 Å². The topological polar surface area (TPSA) is 53.1 Å². The highest BCUT2D eigenvalue weighted by molar-refractivity contribution is 5.31. The van der Waals surface area contributed by atoms with E-state index in [-0.39, 0.29) is 6.04 Å². The fourth-order valence-electron chi connectivity index (χ4n) is 3.18. The maximum absolute atomic E-state index is 6.39. The third-order valence-electron chi connectivity index (χ3n) is 4.30. The summed E-state index contributed by atoms with van der Waals surface area (Å²) >= 11 is 0. The quantitative estimate of drug-likeness (QED) is 0.913. The summed E-state index contributed by atoms with van der Waals surface area (Å²) in [6, 6.07) is 0.535. The SMILES string of the molecule is COc1cnn(C(C)C)c1C1CC(C)(C)CCC1N. The molecule has 2 N–H and O–H groups in total. The van der Waals surface area contributed by atoms with Gasteiger partial charge in [0.05, 0.1) is 19.0 Å². The number of hydrogen-bond acceptors (Lipinski definition) is 3. The predicted octanol–water partition coefficient (Wildman–Crippen LogP) is 3.09. The Hall–Kier alpha value is -1.03. The molecule has 0 amide bonds. The van der Waals surface area contributed by atoms with Crippen molar-refractivity contribution in [2.45, 2.75) is 65.0 Å². The number of rotatable bonds is 3. The van der Waals surface area contributed by atoms with E-state index in [1.807, 2.05) is 6.20 Å². The molecule has 0 aliphatic heterocycles. The summed E-state index contributed by atoms with van der Waals surface area (Å²) in [5, 5.41) is 4.48. The van der Waals surface area contributed by atoms with E-state index in [0.717, 1.165) is 18.6 Å². The first-order valence-corrected chi connectivity index (χ1v) is 7.22. The lowest BCUT2D eigenvalue weighted by Crippen LogP contribution is -2.39.